The molecule has 1 heterocycles. The second kappa shape index (κ2) is 3.30. The number of hydrogen-bond donors (Lipinski definition) is 1. The van der Waals surface area contributed by atoms with Gasteiger partial charge in [0.2, 0.25) is 0 Å². The zero-order valence-electron chi connectivity index (χ0n) is 5.57. The fraction of sp³-hybridized carbons (Fsp3) is 0.167. The Balaban J connectivity index is 3.43. The lowest BCUT2D eigenvalue weighted by atomic mass is 10.3. The predicted molar refractivity (Wildman–Crippen MR) is 39.7 cm³/mol. The monoisotopic (exact) mass is 241 g/mol. The van der Waals surface area contributed by atoms with Crippen LogP contribution in [0.5, 0.6) is 0 Å². The molecule has 2 nitrogen and oxygen atoms in total. The molecule has 0 amide bonds. The van der Waals surface area contributed by atoms with Gasteiger partial charge in [0.1, 0.15) is 0 Å². The third-order valence-electron chi connectivity index (χ3n) is 1.24. The highest BCUT2D eigenvalue weighted by atomic mass is 79.9. The highest BCUT2D eigenvalue weighted by Gasteiger charge is 2.19. The largest absolute Gasteiger partial charge is 0.325 e. The summed E-state index contributed by atoms with van der Waals surface area (Å²) < 4.78 is 36.6. The van der Waals surface area contributed by atoms with Crippen molar-refractivity contribution >= 4 is 15.9 Å². The molecule has 0 spiro atoms. The van der Waals surface area contributed by atoms with Crippen molar-refractivity contribution in [1.29, 1.82) is 0 Å². The normalized spacial score (nSPS) is 10.8. The Morgan fingerprint density at radius 1 is 1.50 bits per heavy atom. The van der Waals surface area contributed by atoms with Gasteiger partial charge in [0.25, 0.3) is 12.0 Å². The minimum atomic E-state index is -3.00. The molecule has 0 unspecified atom stereocenters. The summed E-state index contributed by atoms with van der Waals surface area (Å²) >= 11 is 2.69. The first-order valence-corrected chi connectivity index (χ1v) is 3.68. The first-order valence-electron chi connectivity index (χ1n) is 2.88. The maximum Gasteiger partial charge on any atom is 0.284 e. The molecule has 0 fully saturated rings. The van der Waals surface area contributed by atoms with Gasteiger partial charge in [-0.25, -0.2) is 13.2 Å². The molecule has 6 heteroatoms. The molecule has 0 atom stereocenters. The first kappa shape index (κ1) is 9.31. The summed E-state index contributed by atoms with van der Waals surface area (Å²) in [4.78, 5) is 12.5. The number of hydrogen-bond acceptors (Lipinski definition) is 1. The predicted octanol–water partition coefficient (Wildman–Crippen LogP) is 2.21. The minimum Gasteiger partial charge on any atom is -0.325 e. The molecule has 0 aliphatic rings. The highest BCUT2D eigenvalue weighted by Crippen LogP contribution is 2.26. The van der Waals surface area contributed by atoms with Gasteiger partial charge in [0.15, 0.2) is 5.82 Å². The van der Waals surface area contributed by atoms with E-state index in [1.54, 1.807) is 0 Å². The molecule has 66 valence electrons. The zero-order chi connectivity index (χ0) is 9.30. The molecule has 0 aromatic carbocycles. The van der Waals surface area contributed by atoms with Gasteiger partial charge in [0, 0.05) is 10.7 Å². The van der Waals surface area contributed by atoms with E-state index in [1.807, 2.05) is 4.98 Å². The van der Waals surface area contributed by atoms with Crippen LogP contribution in [0, 0.1) is 5.82 Å². The number of aromatic amines is 1. The Morgan fingerprint density at radius 2 is 2.08 bits per heavy atom. The van der Waals surface area contributed by atoms with Crippen LogP contribution in [0.1, 0.15) is 12.0 Å². The van der Waals surface area contributed by atoms with Crippen molar-refractivity contribution in [1.82, 2.24) is 4.98 Å². The van der Waals surface area contributed by atoms with Crippen molar-refractivity contribution in [2.75, 3.05) is 0 Å². The van der Waals surface area contributed by atoms with Gasteiger partial charge in [-0.3, -0.25) is 4.79 Å². The zero-order valence-corrected chi connectivity index (χ0v) is 7.16. The lowest BCUT2D eigenvalue weighted by Gasteiger charge is -2.02. The number of nitrogens with one attached hydrogen (secondary N) is 1. The van der Waals surface area contributed by atoms with Gasteiger partial charge in [-0.05, 0) is 15.9 Å². The van der Waals surface area contributed by atoms with Crippen LogP contribution in [0.25, 0.3) is 0 Å². The lowest BCUT2D eigenvalue weighted by Crippen LogP contribution is -2.13. The Hall–Kier alpha value is -0.780. The number of pyridine rings is 1. The van der Waals surface area contributed by atoms with Gasteiger partial charge in [-0.15, -0.1) is 0 Å². The van der Waals surface area contributed by atoms with Crippen LogP contribution in [0.2, 0.25) is 0 Å². The van der Waals surface area contributed by atoms with Crippen LogP contribution in [-0.2, 0) is 0 Å². The van der Waals surface area contributed by atoms with E-state index >= 15 is 0 Å². The van der Waals surface area contributed by atoms with Gasteiger partial charge in [-0.2, -0.15) is 0 Å². The maximum atomic E-state index is 12.7. The topological polar surface area (TPSA) is 32.9 Å². The third-order valence-corrected chi connectivity index (χ3v) is 1.90. The molecular formula is C6H3BrF3NO. The van der Waals surface area contributed by atoms with Gasteiger partial charge in [0.05, 0.1) is 5.56 Å². The number of H-pyrrole nitrogens is 1. The van der Waals surface area contributed by atoms with Crippen molar-refractivity contribution in [3.05, 3.63) is 32.4 Å². The van der Waals surface area contributed by atoms with Crippen molar-refractivity contribution < 1.29 is 13.2 Å². The van der Waals surface area contributed by atoms with Crippen molar-refractivity contribution in [2.24, 2.45) is 0 Å². The summed E-state index contributed by atoms with van der Waals surface area (Å²) in [5.41, 5.74) is -2.05. The highest BCUT2D eigenvalue weighted by molar-refractivity contribution is 9.10. The van der Waals surface area contributed by atoms with Crippen molar-refractivity contribution in [3.63, 3.8) is 0 Å². The fourth-order valence-corrected chi connectivity index (χ4v) is 1.16. The summed E-state index contributed by atoms with van der Waals surface area (Å²) in [5.74, 6) is -1.45. The Morgan fingerprint density at radius 3 is 2.50 bits per heavy atom. The quantitative estimate of drug-likeness (QED) is 0.804. The molecule has 0 saturated heterocycles. The fourth-order valence-electron chi connectivity index (χ4n) is 0.697. The molecule has 1 aromatic rings. The van der Waals surface area contributed by atoms with Crippen LogP contribution in [0.3, 0.4) is 0 Å². The lowest BCUT2D eigenvalue weighted by molar-refractivity contribution is 0.145. The van der Waals surface area contributed by atoms with Crippen LogP contribution in [0.4, 0.5) is 13.2 Å². The molecule has 0 radical (unpaired) electrons. The molecule has 12 heavy (non-hydrogen) atoms. The van der Waals surface area contributed by atoms with E-state index in [9.17, 15) is 18.0 Å². The summed E-state index contributed by atoms with van der Waals surface area (Å²) in [5, 5.41) is 0. The molecule has 1 N–H and O–H groups in total. The molecule has 1 rings (SSSR count). The SMILES string of the molecule is O=c1[nH]cc(Br)c(C(F)F)c1F. The molecular weight excluding hydrogens is 239 g/mol. The van der Waals surface area contributed by atoms with Crippen molar-refractivity contribution in [3.8, 4) is 0 Å². The van der Waals surface area contributed by atoms with E-state index in [4.69, 9.17) is 0 Å². The van der Waals surface area contributed by atoms with E-state index in [1.165, 1.54) is 0 Å². The third kappa shape index (κ3) is 1.52. The van der Waals surface area contributed by atoms with Gasteiger partial charge >= 0.3 is 0 Å². The standard InChI is InChI=1S/C6H3BrF3NO/c7-2-1-11-6(12)4(8)3(2)5(9)10/h1,5H,(H,11,12). The van der Waals surface area contributed by atoms with Crippen LogP contribution in [-0.4, -0.2) is 4.98 Å². The average Bonchev–Trinajstić information content (AvgIpc) is 1.97. The van der Waals surface area contributed by atoms with Gasteiger partial charge < -0.3 is 4.98 Å². The summed E-state index contributed by atoms with van der Waals surface area (Å²) in [6.07, 6.45) is -2.02. The van der Waals surface area contributed by atoms with Crippen LogP contribution < -0.4 is 5.56 Å². The Kier molecular flexibility index (Phi) is 2.56. The molecule has 0 bridgehead atoms. The minimum absolute atomic E-state index is 0.144. The number of alkyl halides is 2. The summed E-state index contributed by atoms with van der Waals surface area (Å²) in [7, 11) is 0. The van der Waals surface area contributed by atoms with Crippen LogP contribution >= 0.6 is 15.9 Å². The van der Waals surface area contributed by atoms with E-state index in [-0.39, 0.29) is 4.47 Å². The first-order chi connectivity index (χ1) is 5.54. The second-order valence-corrected chi connectivity index (χ2v) is 2.85. The molecule has 0 saturated carbocycles. The average molecular weight is 242 g/mol. The smallest absolute Gasteiger partial charge is 0.284 e. The maximum absolute atomic E-state index is 12.7. The van der Waals surface area contributed by atoms with E-state index < -0.39 is 23.4 Å². The van der Waals surface area contributed by atoms with E-state index in [0.29, 0.717) is 0 Å². The molecule has 0 aliphatic heterocycles. The Labute approximate surface area is 73.5 Å². The summed E-state index contributed by atoms with van der Waals surface area (Å²) in [6.45, 7) is 0. The van der Waals surface area contributed by atoms with E-state index in [2.05, 4.69) is 15.9 Å². The summed E-state index contributed by atoms with van der Waals surface area (Å²) in [6, 6.07) is 0. The number of rotatable bonds is 1. The molecule has 1 aromatic heterocycles. The van der Waals surface area contributed by atoms with Crippen LogP contribution in [0.15, 0.2) is 15.5 Å². The van der Waals surface area contributed by atoms with Crippen molar-refractivity contribution in [2.45, 2.75) is 6.43 Å². The number of halogens is 4. The second-order valence-electron chi connectivity index (χ2n) is 1.99. The molecule has 0 aliphatic carbocycles. The van der Waals surface area contributed by atoms with E-state index in [0.717, 1.165) is 6.20 Å². The van der Waals surface area contributed by atoms with Gasteiger partial charge in [-0.1, -0.05) is 0 Å². The number of aromatic nitrogens is 1. The Bertz CT molecular complexity index is 349.